The first-order chi connectivity index (χ1) is 17.5. The molecular weight excluding hydrogens is 446 g/mol. The number of nitrogens with one attached hydrogen (secondary N) is 1. The lowest BCUT2D eigenvalue weighted by molar-refractivity contribution is 0.0243. The number of hydrogen-bond donors (Lipinski definition) is 1. The average Bonchev–Trinajstić information content (AvgIpc) is 3.51. The summed E-state index contributed by atoms with van der Waals surface area (Å²) in [5, 5.41) is 3.31. The number of aromatic amines is 1. The van der Waals surface area contributed by atoms with Crippen molar-refractivity contribution in [2.75, 3.05) is 0 Å². The molecular formula is C31H25N3O2. The van der Waals surface area contributed by atoms with Crippen LogP contribution in [0.2, 0.25) is 0 Å². The first-order valence-corrected chi connectivity index (χ1v) is 12.3. The number of cyclic esters (lactones) is 1. The summed E-state index contributed by atoms with van der Waals surface area (Å²) in [6.45, 7) is 4.24. The number of rotatable bonds is 3. The second kappa shape index (κ2) is 7.31. The monoisotopic (exact) mass is 471 g/mol. The summed E-state index contributed by atoms with van der Waals surface area (Å²) in [5.74, 6) is -0.341. The Labute approximate surface area is 208 Å². The van der Waals surface area contributed by atoms with E-state index in [1.54, 1.807) is 12.3 Å². The predicted octanol–water partition coefficient (Wildman–Crippen LogP) is 6.54. The Hall–Kier alpha value is -4.38. The quantitative estimate of drug-likeness (QED) is 0.298. The van der Waals surface area contributed by atoms with Crippen LogP contribution in [-0.4, -0.2) is 20.5 Å². The Bertz CT molecular complexity index is 1860. The van der Waals surface area contributed by atoms with Crippen LogP contribution >= 0.6 is 0 Å². The zero-order valence-corrected chi connectivity index (χ0v) is 20.4. The van der Waals surface area contributed by atoms with E-state index in [0.29, 0.717) is 11.3 Å². The van der Waals surface area contributed by atoms with E-state index in [1.807, 2.05) is 24.3 Å². The fraction of sp³-hybridized carbons (Fsp3) is 0.161. The van der Waals surface area contributed by atoms with Gasteiger partial charge in [0.2, 0.25) is 5.60 Å². The molecule has 1 unspecified atom stereocenters. The van der Waals surface area contributed by atoms with Crippen LogP contribution in [0.1, 0.15) is 45.4 Å². The number of esters is 1. The minimum absolute atomic E-state index is 0.341. The zero-order valence-electron chi connectivity index (χ0n) is 20.4. The minimum Gasteiger partial charge on any atom is -0.439 e. The van der Waals surface area contributed by atoms with Crippen molar-refractivity contribution in [2.24, 2.45) is 7.05 Å². The fourth-order valence-corrected chi connectivity index (χ4v) is 6.11. The highest BCUT2D eigenvalue weighted by atomic mass is 16.6. The molecule has 4 heterocycles. The molecule has 7 rings (SSSR count). The van der Waals surface area contributed by atoms with Crippen molar-refractivity contribution >= 4 is 38.7 Å². The van der Waals surface area contributed by atoms with Gasteiger partial charge < -0.3 is 14.3 Å². The van der Waals surface area contributed by atoms with Gasteiger partial charge in [-0.05, 0) is 55.3 Å². The Morgan fingerprint density at radius 1 is 0.944 bits per heavy atom. The molecule has 176 valence electrons. The van der Waals surface area contributed by atoms with Gasteiger partial charge in [-0.25, -0.2) is 4.79 Å². The van der Waals surface area contributed by atoms with Gasteiger partial charge >= 0.3 is 5.97 Å². The standard InChI is InChI=1S/C31H25N3O2/c1-4-19-16-26-23(20-10-5-7-13-25(20)33-26)17-24(19)31(29-22(30(35)36-31)12-9-15-32-29)28-18(2)34(3)27-14-8-6-11-21(27)28/h5-17,33H,4H2,1-3H3. The fourth-order valence-electron chi connectivity index (χ4n) is 6.11. The molecule has 0 saturated carbocycles. The van der Waals surface area contributed by atoms with E-state index < -0.39 is 5.60 Å². The van der Waals surface area contributed by atoms with E-state index in [2.05, 4.69) is 72.9 Å². The van der Waals surface area contributed by atoms with Gasteiger partial charge in [0.05, 0.1) is 5.56 Å². The van der Waals surface area contributed by atoms with Crippen LogP contribution in [0.5, 0.6) is 0 Å². The molecule has 0 saturated heterocycles. The Morgan fingerprint density at radius 3 is 2.56 bits per heavy atom. The maximum Gasteiger partial charge on any atom is 0.341 e. The lowest BCUT2D eigenvalue weighted by Gasteiger charge is -2.31. The lowest BCUT2D eigenvalue weighted by Crippen LogP contribution is -2.32. The summed E-state index contributed by atoms with van der Waals surface area (Å²) in [6.07, 6.45) is 2.54. The number of benzene rings is 3. The maximum atomic E-state index is 13.4. The molecule has 0 amide bonds. The molecule has 0 fully saturated rings. The van der Waals surface area contributed by atoms with Crippen LogP contribution in [0.3, 0.4) is 0 Å². The third kappa shape index (κ3) is 2.55. The maximum absolute atomic E-state index is 13.4. The van der Waals surface area contributed by atoms with Gasteiger partial charge in [0, 0.05) is 62.8 Å². The summed E-state index contributed by atoms with van der Waals surface area (Å²) in [5.41, 5.74) is 7.38. The molecule has 1 atom stereocenters. The summed E-state index contributed by atoms with van der Waals surface area (Å²) < 4.78 is 8.73. The largest absolute Gasteiger partial charge is 0.439 e. The van der Waals surface area contributed by atoms with Gasteiger partial charge in [0.1, 0.15) is 5.69 Å². The lowest BCUT2D eigenvalue weighted by atomic mass is 9.78. The normalized spacial score (nSPS) is 17.2. The smallest absolute Gasteiger partial charge is 0.341 e. The summed E-state index contributed by atoms with van der Waals surface area (Å²) in [6, 6.07) is 24.7. The zero-order chi connectivity index (χ0) is 24.6. The molecule has 0 radical (unpaired) electrons. The molecule has 6 aromatic rings. The van der Waals surface area contributed by atoms with Crippen molar-refractivity contribution in [3.63, 3.8) is 0 Å². The summed E-state index contributed by atoms with van der Waals surface area (Å²) in [4.78, 5) is 21.8. The molecule has 5 nitrogen and oxygen atoms in total. The highest BCUT2D eigenvalue weighted by molar-refractivity contribution is 6.08. The predicted molar refractivity (Wildman–Crippen MR) is 142 cm³/mol. The van der Waals surface area contributed by atoms with E-state index >= 15 is 0 Å². The first kappa shape index (κ1) is 20.9. The van der Waals surface area contributed by atoms with Gasteiger partial charge in [-0.1, -0.05) is 43.3 Å². The minimum atomic E-state index is -1.16. The van der Waals surface area contributed by atoms with Crippen molar-refractivity contribution in [3.05, 3.63) is 113 Å². The number of carbonyl (C=O) groups is 1. The van der Waals surface area contributed by atoms with Crippen LogP contribution in [0, 0.1) is 6.92 Å². The number of pyridine rings is 1. The second-order valence-electron chi connectivity index (χ2n) is 9.59. The van der Waals surface area contributed by atoms with Crippen molar-refractivity contribution in [1.82, 2.24) is 14.5 Å². The Balaban J connectivity index is 1.69. The molecule has 1 N–H and O–H groups in total. The molecule has 3 aromatic heterocycles. The number of fused-ring (bicyclic) bond motifs is 5. The van der Waals surface area contributed by atoms with E-state index in [-0.39, 0.29) is 5.97 Å². The van der Waals surface area contributed by atoms with Gasteiger partial charge in [0.25, 0.3) is 0 Å². The Kier molecular flexibility index (Phi) is 4.25. The van der Waals surface area contributed by atoms with Crippen LogP contribution in [0.25, 0.3) is 32.7 Å². The SMILES string of the molecule is CCc1cc2[nH]c3ccccc3c2cc1C1(c2c(C)n(C)c3ccccc23)OC(=O)c2cccnc21. The van der Waals surface area contributed by atoms with E-state index in [0.717, 1.165) is 61.5 Å². The number of ether oxygens (including phenoxy) is 1. The van der Waals surface area contributed by atoms with Crippen molar-refractivity contribution in [3.8, 4) is 0 Å². The number of aromatic nitrogens is 3. The van der Waals surface area contributed by atoms with Gasteiger partial charge in [-0.15, -0.1) is 0 Å². The molecule has 0 spiro atoms. The third-order valence-corrected chi connectivity index (χ3v) is 7.85. The van der Waals surface area contributed by atoms with Gasteiger partial charge in [-0.3, -0.25) is 4.98 Å². The van der Waals surface area contributed by atoms with Crippen molar-refractivity contribution in [2.45, 2.75) is 25.9 Å². The number of para-hydroxylation sites is 2. The van der Waals surface area contributed by atoms with Gasteiger partial charge in [0.15, 0.2) is 0 Å². The molecule has 36 heavy (non-hydrogen) atoms. The molecule has 5 heteroatoms. The number of nitrogens with zero attached hydrogens (tertiary/aromatic N) is 2. The molecule has 3 aromatic carbocycles. The molecule has 1 aliphatic rings. The number of carbonyl (C=O) groups excluding carboxylic acids is 1. The summed E-state index contributed by atoms with van der Waals surface area (Å²) in [7, 11) is 2.06. The van der Waals surface area contributed by atoms with Crippen molar-refractivity contribution in [1.29, 1.82) is 0 Å². The highest BCUT2D eigenvalue weighted by Crippen LogP contribution is 2.51. The second-order valence-corrected chi connectivity index (χ2v) is 9.59. The highest BCUT2D eigenvalue weighted by Gasteiger charge is 2.53. The van der Waals surface area contributed by atoms with E-state index in [9.17, 15) is 4.79 Å². The van der Waals surface area contributed by atoms with E-state index in [4.69, 9.17) is 9.72 Å². The Morgan fingerprint density at radius 2 is 1.72 bits per heavy atom. The third-order valence-electron chi connectivity index (χ3n) is 7.85. The first-order valence-electron chi connectivity index (χ1n) is 12.3. The van der Waals surface area contributed by atoms with Crippen molar-refractivity contribution < 1.29 is 9.53 Å². The molecule has 1 aliphatic heterocycles. The molecule has 0 bridgehead atoms. The van der Waals surface area contributed by atoms with E-state index in [1.165, 1.54) is 0 Å². The summed E-state index contributed by atoms with van der Waals surface area (Å²) >= 11 is 0. The number of aryl methyl sites for hydroxylation is 2. The number of hydrogen-bond acceptors (Lipinski definition) is 3. The van der Waals surface area contributed by atoms with Crippen LogP contribution in [-0.2, 0) is 23.8 Å². The van der Waals surface area contributed by atoms with Crippen LogP contribution in [0.15, 0.2) is 79.0 Å². The topological polar surface area (TPSA) is 59.9 Å². The number of H-pyrrole nitrogens is 1. The van der Waals surface area contributed by atoms with Crippen LogP contribution in [0.4, 0.5) is 0 Å². The van der Waals surface area contributed by atoms with Crippen LogP contribution < -0.4 is 0 Å². The average molecular weight is 472 g/mol. The van der Waals surface area contributed by atoms with Gasteiger partial charge in [-0.2, -0.15) is 0 Å². The molecule has 0 aliphatic carbocycles.